The lowest BCUT2D eigenvalue weighted by Crippen LogP contribution is -2.46. The second-order valence-corrected chi connectivity index (χ2v) is 11.4. The minimum Gasteiger partial charge on any atom is -0.508 e. The lowest BCUT2D eigenvalue weighted by atomic mass is 9.88. The molecule has 2 fully saturated rings. The molecule has 2 aliphatic rings. The van der Waals surface area contributed by atoms with Crippen LogP contribution in [0.1, 0.15) is 55.2 Å². The highest BCUT2D eigenvalue weighted by atomic mass is 16.7. The van der Waals surface area contributed by atoms with Gasteiger partial charge in [-0.3, -0.25) is 9.63 Å². The summed E-state index contributed by atoms with van der Waals surface area (Å²) >= 11 is 0. The molecular weight excluding hydrogens is 524 g/mol. The lowest BCUT2D eigenvalue weighted by Gasteiger charge is -2.29. The Labute approximate surface area is 239 Å². The van der Waals surface area contributed by atoms with Crippen molar-refractivity contribution in [3.05, 3.63) is 95.6 Å². The molecule has 0 bridgehead atoms. The number of ether oxygens (including phenoxy) is 2. The van der Waals surface area contributed by atoms with Crippen LogP contribution < -0.4 is 5.06 Å². The predicted molar refractivity (Wildman–Crippen MR) is 151 cm³/mol. The number of phenolic OH excluding ortho intramolecular Hbond substituents is 1. The van der Waals surface area contributed by atoms with E-state index in [-0.39, 0.29) is 12.4 Å². The molecule has 0 spiro atoms. The quantitative estimate of drug-likeness (QED) is 0.399. The van der Waals surface area contributed by atoms with E-state index in [0.717, 1.165) is 5.56 Å². The summed E-state index contributed by atoms with van der Waals surface area (Å²) in [6, 6.07) is 21.9. The number of hydroxylamine groups is 1. The Balaban J connectivity index is 1.46. The summed E-state index contributed by atoms with van der Waals surface area (Å²) in [6.07, 6.45) is -0.801. The summed E-state index contributed by atoms with van der Waals surface area (Å²) in [5.41, 5.74) is 2.08. The lowest BCUT2D eigenvalue weighted by molar-refractivity contribution is -0.135. The standard InChI is InChI=1S/C32H34N2O7/c1-20-27(29(36)33-25(19-39-31(33)38)18-21-8-6-5-7-9-21)28(22-12-16-26(35)17-13-22)34(41-20)24-14-10-23(11-15-24)30(37)40-32(2,3)4/h5-17,20,25,27-28,35H,18-19H2,1-4H3/t20-,25+,27-,28+/m0/s1. The van der Waals surface area contributed by atoms with Crippen LogP contribution in [0.2, 0.25) is 0 Å². The van der Waals surface area contributed by atoms with Crippen LogP contribution in [0.5, 0.6) is 5.75 Å². The molecule has 9 heteroatoms. The molecule has 214 valence electrons. The number of hydrogen-bond acceptors (Lipinski definition) is 8. The molecule has 4 atom stereocenters. The number of benzene rings is 3. The van der Waals surface area contributed by atoms with Gasteiger partial charge in [0.25, 0.3) is 0 Å². The largest absolute Gasteiger partial charge is 0.508 e. The molecule has 0 unspecified atom stereocenters. The number of amides is 2. The highest BCUT2D eigenvalue weighted by Gasteiger charge is 2.51. The zero-order chi connectivity index (χ0) is 29.3. The van der Waals surface area contributed by atoms with Gasteiger partial charge in [-0.15, -0.1) is 0 Å². The molecule has 3 aromatic rings. The third-order valence-electron chi connectivity index (χ3n) is 7.17. The van der Waals surface area contributed by atoms with E-state index in [0.29, 0.717) is 23.2 Å². The van der Waals surface area contributed by atoms with Gasteiger partial charge >= 0.3 is 12.1 Å². The van der Waals surface area contributed by atoms with Gasteiger partial charge in [0.15, 0.2) is 0 Å². The number of carbonyl (C=O) groups excluding carboxylic acids is 3. The summed E-state index contributed by atoms with van der Waals surface area (Å²) in [4.78, 5) is 47.1. The fourth-order valence-electron chi connectivity index (χ4n) is 5.29. The fourth-order valence-corrected chi connectivity index (χ4v) is 5.29. The van der Waals surface area contributed by atoms with E-state index in [1.54, 1.807) is 81.3 Å². The SMILES string of the molecule is C[C@@H]1ON(c2ccc(C(=O)OC(C)(C)C)cc2)[C@H](c2ccc(O)cc2)[C@H]1C(=O)N1C(=O)OC[C@H]1Cc1ccccc1. The molecule has 0 saturated carbocycles. The van der Waals surface area contributed by atoms with Crippen molar-refractivity contribution in [3.63, 3.8) is 0 Å². The van der Waals surface area contributed by atoms with E-state index < -0.39 is 47.7 Å². The number of anilines is 1. The zero-order valence-electron chi connectivity index (χ0n) is 23.5. The van der Waals surface area contributed by atoms with E-state index in [2.05, 4.69) is 0 Å². The number of rotatable bonds is 6. The first-order valence-electron chi connectivity index (χ1n) is 13.6. The molecule has 1 N–H and O–H groups in total. The van der Waals surface area contributed by atoms with Gasteiger partial charge in [0, 0.05) is 0 Å². The smallest absolute Gasteiger partial charge is 0.416 e. The second kappa shape index (κ2) is 11.2. The minimum absolute atomic E-state index is 0.0860. The molecular formula is C32H34N2O7. The van der Waals surface area contributed by atoms with Crippen molar-refractivity contribution in [1.82, 2.24) is 4.90 Å². The van der Waals surface area contributed by atoms with E-state index in [1.807, 2.05) is 30.3 Å². The molecule has 41 heavy (non-hydrogen) atoms. The van der Waals surface area contributed by atoms with Crippen LogP contribution in [-0.2, 0) is 25.5 Å². The Morgan fingerprint density at radius 3 is 2.27 bits per heavy atom. The monoisotopic (exact) mass is 558 g/mol. The van der Waals surface area contributed by atoms with Gasteiger partial charge in [0.1, 0.15) is 18.0 Å². The van der Waals surface area contributed by atoms with Gasteiger partial charge in [0.05, 0.1) is 35.4 Å². The van der Waals surface area contributed by atoms with Gasteiger partial charge in [-0.05, 0) is 81.6 Å². The van der Waals surface area contributed by atoms with Crippen LogP contribution in [0.15, 0.2) is 78.9 Å². The average Bonchev–Trinajstić information content (AvgIpc) is 3.47. The van der Waals surface area contributed by atoms with Gasteiger partial charge in [-0.1, -0.05) is 42.5 Å². The summed E-state index contributed by atoms with van der Waals surface area (Å²) < 4.78 is 10.8. The highest BCUT2D eigenvalue weighted by molar-refractivity contribution is 5.96. The Morgan fingerprint density at radius 1 is 0.976 bits per heavy atom. The van der Waals surface area contributed by atoms with Gasteiger partial charge in [0.2, 0.25) is 5.91 Å². The van der Waals surface area contributed by atoms with Crippen molar-refractivity contribution in [2.24, 2.45) is 5.92 Å². The maximum atomic E-state index is 14.2. The van der Waals surface area contributed by atoms with Crippen molar-refractivity contribution in [3.8, 4) is 5.75 Å². The first kappa shape index (κ1) is 28.2. The third kappa shape index (κ3) is 6.05. The van der Waals surface area contributed by atoms with Crippen molar-refractivity contribution < 1.29 is 33.8 Å². The Kier molecular flexibility index (Phi) is 7.73. The van der Waals surface area contributed by atoms with Gasteiger partial charge < -0.3 is 14.6 Å². The number of carbonyl (C=O) groups is 3. The molecule has 2 aliphatic heterocycles. The molecule has 2 amide bonds. The molecule has 2 heterocycles. The third-order valence-corrected chi connectivity index (χ3v) is 7.17. The summed E-state index contributed by atoms with van der Waals surface area (Å²) in [5.74, 6) is -1.52. The topological polar surface area (TPSA) is 106 Å². The van der Waals surface area contributed by atoms with Crippen molar-refractivity contribution in [2.75, 3.05) is 11.7 Å². The number of hydrogen-bond donors (Lipinski definition) is 1. The molecule has 0 aliphatic carbocycles. The number of aromatic hydroxyl groups is 1. The van der Waals surface area contributed by atoms with Crippen molar-refractivity contribution in [1.29, 1.82) is 0 Å². The van der Waals surface area contributed by atoms with Crippen LogP contribution >= 0.6 is 0 Å². The Hall–Kier alpha value is -4.37. The number of imide groups is 1. The number of nitrogens with zero attached hydrogens (tertiary/aromatic N) is 2. The number of phenols is 1. The number of cyclic esters (lactones) is 1. The van der Waals surface area contributed by atoms with Crippen LogP contribution in [0.25, 0.3) is 0 Å². The Bertz CT molecular complexity index is 1400. The molecule has 0 aromatic heterocycles. The Morgan fingerprint density at radius 2 is 1.63 bits per heavy atom. The predicted octanol–water partition coefficient (Wildman–Crippen LogP) is 5.44. The average molecular weight is 559 g/mol. The van der Waals surface area contributed by atoms with Crippen LogP contribution in [0.4, 0.5) is 10.5 Å². The summed E-state index contributed by atoms with van der Waals surface area (Å²) in [6.45, 7) is 7.32. The van der Waals surface area contributed by atoms with Crippen LogP contribution in [0.3, 0.4) is 0 Å². The van der Waals surface area contributed by atoms with Crippen molar-refractivity contribution >= 4 is 23.7 Å². The van der Waals surface area contributed by atoms with Crippen LogP contribution in [0, 0.1) is 5.92 Å². The highest BCUT2D eigenvalue weighted by Crippen LogP contribution is 2.44. The molecule has 9 nitrogen and oxygen atoms in total. The molecule has 5 rings (SSSR count). The normalized spacial score (nSPS) is 22.5. The minimum atomic E-state index is -0.769. The molecule has 3 aromatic carbocycles. The molecule has 2 saturated heterocycles. The maximum absolute atomic E-state index is 14.2. The first-order chi connectivity index (χ1) is 19.5. The van der Waals surface area contributed by atoms with E-state index in [1.165, 1.54) is 4.90 Å². The van der Waals surface area contributed by atoms with E-state index in [4.69, 9.17) is 14.3 Å². The van der Waals surface area contributed by atoms with E-state index >= 15 is 0 Å². The van der Waals surface area contributed by atoms with Crippen LogP contribution in [-0.4, -0.2) is 52.3 Å². The van der Waals surface area contributed by atoms with E-state index in [9.17, 15) is 19.5 Å². The summed E-state index contributed by atoms with van der Waals surface area (Å²) in [5, 5.41) is 11.6. The summed E-state index contributed by atoms with van der Waals surface area (Å²) in [7, 11) is 0. The first-order valence-corrected chi connectivity index (χ1v) is 13.6. The second-order valence-electron chi connectivity index (χ2n) is 11.4. The maximum Gasteiger partial charge on any atom is 0.416 e. The van der Waals surface area contributed by atoms with Gasteiger partial charge in [-0.25, -0.2) is 19.6 Å². The number of esters is 1. The molecule has 0 radical (unpaired) electrons. The zero-order valence-corrected chi connectivity index (χ0v) is 23.5. The van der Waals surface area contributed by atoms with Gasteiger partial charge in [-0.2, -0.15) is 0 Å². The fraction of sp³-hybridized carbons (Fsp3) is 0.344. The van der Waals surface area contributed by atoms with Crippen molar-refractivity contribution in [2.45, 2.75) is 57.9 Å².